The molecule has 1 rings (SSSR count). The van der Waals surface area contributed by atoms with Crippen LogP contribution < -0.4 is 5.73 Å². The Morgan fingerprint density at radius 3 is 2.20 bits per heavy atom. The molecule has 0 saturated heterocycles. The van der Waals surface area contributed by atoms with E-state index in [2.05, 4.69) is 47.8 Å². The molecule has 0 aliphatic carbocycles. The van der Waals surface area contributed by atoms with Gasteiger partial charge in [0, 0.05) is 10.0 Å². The first-order valence-corrected chi connectivity index (χ1v) is 6.14. The number of alkyl halides is 2. The molecule has 0 amide bonds. The van der Waals surface area contributed by atoms with Crippen LogP contribution in [0.15, 0.2) is 19.5 Å². The van der Waals surface area contributed by atoms with E-state index in [0.29, 0.717) is 8.95 Å². The van der Waals surface area contributed by atoms with Gasteiger partial charge < -0.3 is 10.8 Å². The molecule has 1 aromatic rings. The van der Waals surface area contributed by atoms with Crippen LogP contribution in [0.5, 0.6) is 5.75 Å². The van der Waals surface area contributed by atoms with Gasteiger partial charge in [0.25, 0.3) is 6.43 Å². The highest BCUT2D eigenvalue weighted by Crippen LogP contribution is 2.42. The van der Waals surface area contributed by atoms with Gasteiger partial charge in [-0.15, -0.1) is 0 Å². The largest absolute Gasteiger partial charge is 0.506 e. The van der Waals surface area contributed by atoms with Gasteiger partial charge in [0.05, 0.1) is 15.0 Å². The molecular weight excluding hydrogens is 404 g/mol. The molecule has 3 N–H and O–H groups in total. The van der Waals surface area contributed by atoms with E-state index in [9.17, 15) is 13.9 Å². The fourth-order valence-corrected chi connectivity index (χ4v) is 3.68. The molecular formula is C8H6Br3F2NO. The van der Waals surface area contributed by atoms with E-state index in [1.165, 1.54) is 6.07 Å². The van der Waals surface area contributed by atoms with Gasteiger partial charge in [-0.3, -0.25) is 0 Å². The monoisotopic (exact) mass is 407 g/mol. The summed E-state index contributed by atoms with van der Waals surface area (Å²) in [5.41, 5.74) is 5.47. The summed E-state index contributed by atoms with van der Waals surface area (Å²) >= 11 is 9.22. The second kappa shape index (κ2) is 5.07. The highest BCUT2D eigenvalue weighted by atomic mass is 79.9. The molecule has 0 radical (unpaired) electrons. The molecule has 7 heteroatoms. The predicted octanol–water partition coefficient (Wildman–Crippen LogP) is 3.94. The number of phenols is 1. The zero-order valence-corrected chi connectivity index (χ0v) is 11.9. The maximum atomic E-state index is 12.4. The van der Waals surface area contributed by atoms with E-state index in [-0.39, 0.29) is 15.8 Å². The van der Waals surface area contributed by atoms with Crippen LogP contribution in [0.3, 0.4) is 0 Å². The number of nitrogens with two attached hydrogens (primary N) is 1. The second-order valence-electron chi connectivity index (χ2n) is 2.78. The Morgan fingerprint density at radius 1 is 1.20 bits per heavy atom. The van der Waals surface area contributed by atoms with Gasteiger partial charge >= 0.3 is 0 Å². The van der Waals surface area contributed by atoms with Crippen molar-refractivity contribution in [2.45, 2.75) is 12.5 Å². The van der Waals surface area contributed by atoms with E-state index in [1.807, 2.05) is 0 Å². The zero-order chi connectivity index (χ0) is 11.7. The standard InChI is InChI=1S/C8H6Br3F2NO/c9-2-1-3(10)7(15)5(11)4(2)6(14)8(12)13/h1,6,8,15H,14H2/t6-/m0/s1. The van der Waals surface area contributed by atoms with Gasteiger partial charge in [-0.25, -0.2) is 8.78 Å². The van der Waals surface area contributed by atoms with Crippen LogP contribution in [0.1, 0.15) is 11.6 Å². The van der Waals surface area contributed by atoms with Crippen molar-refractivity contribution in [3.63, 3.8) is 0 Å². The van der Waals surface area contributed by atoms with Gasteiger partial charge in [0.15, 0.2) is 0 Å². The van der Waals surface area contributed by atoms with Crippen LogP contribution in [0, 0.1) is 0 Å². The Bertz CT molecular complexity index is 387. The molecule has 1 aromatic carbocycles. The quantitative estimate of drug-likeness (QED) is 0.777. The fourth-order valence-electron chi connectivity index (χ4n) is 1.03. The van der Waals surface area contributed by atoms with Crippen molar-refractivity contribution in [1.82, 2.24) is 0 Å². The van der Waals surface area contributed by atoms with E-state index < -0.39 is 12.5 Å². The summed E-state index contributed by atoms with van der Waals surface area (Å²) in [4.78, 5) is 0. The molecule has 2 nitrogen and oxygen atoms in total. The minimum Gasteiger partial charge on any atom is -0.506 e. The van der Waals surface area contributed by atoms with Crippen LogP contribution in [0.2, 0.25) is 0 Å². The lowest BCUT2D eigenvalue weighted by Crippen LogP contribution is -2.20. The van der Waals surface area contributed by atoms with E-state index in [0.717, 1.165) is 0 Å². The highest BCUT2D eigenvalue weighted by Gasteiger charge is 2.25. The number of aromatic hydroxyl groups is 1. The molecule has 0 saturated carbocycles. The zero-order valence-electron chi connectivity index (χ0n) is 7.15. The molecule has 0 aromatic heterocycles. The SMILES string of the molecule is N[C@@H](c1c(Br)cc(Br)c(O)c1Br)C(F)F. The van der Waals surface area contributed by atoms with Crippen molar-refractivity contribution in [2.75, 3.05) is 0 Å². The molecule has 0 heterocycles. The van der Waals surface area contributed by atoms with E-state index in [4.69, 9.17) is 5.73 Å². The average molecular weight is 410 g/mol. The first-order chi connectivity index (χ1) is 6.86. The molecule has 1 atom stereocenters. The van der Waals surface area contributed by atoms with Gasteiger partial charge in [-0.05, 0) is 37.9 Å². The first kappa shape index (κ1) is 13.3. The summed E-state index contributed by atoms with van der Waals surface area (Å²) in [5, 5.41) is 9.53. The molecule has 0 spiro atoms. The summed E-state index contributed by atoms with van der Waals surface area (Å²) in [7, 11) is 0. The third kappa shape index (κ3) is 2.69. The van der Waals surface area contributed by atoms with E-state index in [1.54, 1.807) is 0 Å². The number of rotatable bonds is 2. The third-order valence-electron chi connectivity index (χ3n) is 1.79. The van der Waals surface area contributed by atoms with Crippen LogP contribution in [0.4, 0.5) is 8.78 Å². The van der Waals surface area contributed by atoms with Gasteiger partial charge in [0.1, 0.15) is 5.75 Å². The van der Waals surface area contributed by atoms with Crippen molar-refractivity contribution in [2.24, 2.45) is 5.73 Å². The number of phenolic OH excluding ortho intramolecular Hbond substituents is 1. The minimum atomic E-state index is -2.70. The summed E-state index contributed by atoms with van der Waals surface area (Å²) in [6, 6.07) is 0.0187. The number of hydrogen-bond acceptors (Lipinski definition) is 2. The Labute approximate surface area is 110 Å². The Kier molecular flexibility index (Phi) is 4.51. The number of benzene rings is 1. The molecule has 0 aliphatic heterocycles. The van der Waals surface area contributed by atoms with Crippen LogP contribution >= 0.6 is 47.8 Å². The van der Waals surface area contributed by atoms with Gasteiger partial charge in [-0.2, -0.15) is 0 Å². The molecule has 0 bridgehead atoms. The summed E-state index contributed by atoms with van der Waals surface area (Å²) < 4.78 is 25.9. The smallest absolute Gasteiger partial charge is 0.257 e. The fraction of sp³-hybridized carbons (Fsp3) is 0.250. The molecule has 0 fully saturated rings. The molecule has 0 unspecified atom stereocenters. The predicted molar refractivity (Wildman–Crippen MR) is 64.1 cm³/mol. The Hall–Kier alpha value is 0.280. The van der Waals surface area contributed by atoms with Crippen molar-refractivity contribution in [3.8, 4) is 5.75 Å². The summed E-state index contributed by atoms with van der Waals surface area (Å²) in [6.07, 6.45) is -2.70. The van der Waals surface area contributed by atoms with Gasteiger partial charge in [0.2, 0.25) is 0 Å². The van der Waals surface area contributed by atoms with Crippen LogP contribution in [-0.2, 0) is 0 Å². The van der Waals surface area contributed by atoms with Crippen molar-refractivity contribution >= 4 is 47.8 Å². The molecule has 0 aliphatic rings. The Balaban J connectivity index is 3.36. The van der Waals surface area contributed by atoms with Crippen molar-refractivity contribution in [3.05, 3.63) is 25.0 Å². The summed E-state index contributed by atoms with van der Waals surface area (Å²) in [5.74, 6) is -0.149. The summed E-state index contributed by atoms with van der Waals surface area (Å²) in [6.45, 7) is 0. The van der Waals surface area contributed by atoms with Crippen molar-refractivity contribution in [1.29, 1.82) is 0 Å². The highest BCUT2D eigenvalue weighted by molar-refractivity contribution is 9.11. The maximum absolute atomic E-state index is 12.4. The first-order valence-electron chi connectivity index (χ1n) is 3.76. The lowest BCUT2D eigenvalue weighted by molar-refractivity contribution is 0.115. The number of hydrogen-bond donors (Lipinski definition) is 2. The average Bonchev–Trinajstić information content (AvgIpc) is 2.14. The van der Waals surface area contributed by atoms with Crippen LogP contribution in [0.25, 0.3) is 0 Å². The topological polar surface area (TPSA) is 46.2 Å². The van der Waals surface area contributed by atoms with Gasteiger partial charge in [-0.1, -0.05) is 15.9 Å². The lowest BCUT2D eigenvalue weighted by Gasteiger charge is -2.16. The maximum Gasteiger partial charge on any atom is 0.257 e. The lowest BCUT2D eigenvalue weighted by atomic mass is 10.1. The molecule has 15 heavy (non-hydrogen) atoms. The van der Waals surface area contributed by atoms with E-state index >= 15 is 0 Å². The molecule has 84 valence electrons. The third-order valence-corrected chi connectivity index (χ3v) is 3.85. The van der Waals surface area contributed by atoms with Crippen molar-refractivity contribution < 1.29 is 13.9 Å². The van der Waals surface area contributed by atoms with Crippen LogP contribution in [-0.4, -0.2) is 11.5 Å². The normalized spacial score (nSPS) is 13.3. The number of halogens is 5. The second-order valence-corrected chi connectivity index (χ2v) is 5.28. The minimum absolute atomic E-state index is 0.144. The Morgan fingerprint density at radius 2 is 1.73 bits per heavy atom.